The van der Waals surface area contributed by atoms with E-state index in [9.17, 15) is 15.0 Å². The van der Waals surface area contributed by atoms with E-state index in [0.29, 0.717) is 29.8 Å². The fourth-order valence-electron chi connectivity index (χ4n) is 3.03. The van der Waals surface area contributed by atoms with Crippen LogP contribution in [0.25, 0.3) is 0 Å². The molecular formula is C17H24ClNO4. The molecule has 2 rings (SSSR count). The summed E-state index contributed by atoms with van der Waals surface area (Å²) in [4.78, 5) is 12.3. The molecule has 1 fully saturated rings. The molecule has 3 N–H and O–H groups in total. The first-order valence-electron chi connectivity index (χ1n) is 7.78. The van der Waals surface area contributed by atoms with Crippen LogP contribution >= 0.6 is 11.6 Å². The number of carbonyl (C=O) groups is 1. The predicted molar refractivity (Wildman–Crippen MR) is 88.4 cm³/mol. The molecule has 1 aliphatic carbocycles. The number of aliphatic hydroxyl groups excluding tert-OH is 2. The normalized spacial score (nSPS) is 28.3. The number of alkyl carbamates (subject to hydrolysis) is 1. The summed E-state index contributed by atoms with van der Waals surface area (Å²) in [6.45, 7) is 5.29. The van der Waals surface area contributed by atoms with Gasteiger partial charge in [0.05, 0.1) is 11.6 Å². The van der Waals surface area contributed by atoms with Crippen molar-refractivity contribution in [2.45, 2.75) is 63.4 Å². The van der Waals surface area contributed by atoms with Crippen molar-refractivity contribution in [2.75, 3.05) is 0 Å². The SMILES string of the molecule is CC(C)(C)OC(=O)N[C@@]1(c2ccccc2Cl)CCCC(O)C1O. The zero-order valence-corrected chi connectivity index (χ0v) is 14.4. The van der Waals surface area contributed by atoms with Crippen LogP contribution in [0.2, 0.25) is 5.02 Å². The van der Waals surface area contributed by atoms with Crippen LogP contribution in [0, 0.1) is 0 Å². The Balaban J connectivity index is 2.40. The molecule has 0 spiro atoms. The molecule has 6 heteroatoms. The van der Waals surface area contributed by atoms with Gasteiger partial charge in [-0.3, -0.25) is 0 Å². The lowest BCUT2D eigenvalue weighted by Gasteiger charge is -2.45. The Labute approximate surface area is 141 Å². The van der Waals surface area contributed by atoms with Gasteiger partial charge in [0.1, 0.15) is 11.7 Å². The second-order valence-electron chi connectivity index (χ2n) is 6.98. The van der Waals surface area contributed by atoms with Crippen molar-refractivity contribution in [2.24, 2.45) is 0 Å². The van der Waals surface area contributed by atoms with Gasteiger partial charge in [0.25, 0.3) is 0 Å². The van der Waals surface area contributed by atoms with Crippen LogP contribution in [-0.2, 0) is 10.3 Å². The minimum Gasteiger partial charge on any atom is -0.444 e. The molecule has 1 aromatic carbocycles. The Morgan fingerprint density at radius 2 is 2.00 bits per heavy atom. The second-order valence-corrected chi connectivity index (χ2v) is 7.39. The highest BCUT2D eigenvalue weighted by atomic mass is 35.5. The molecule has 5 nitrogen and oxygen atoms in total. The first-order valence-corrected chi connectivity index (χ1v) is 8.16. The highest BCUT2D eigenvalue weighted by Crippen LogP contribution is 2.40. The quantitative estimate of drug-likeness (QED) is 0.772. The first kappa shape index (κ1) is 18.0. The van der Waals surface area contributed by atoms with E-state index in [1.54, 1.807) is 45.0 Å². The molecule has 23 heavy (non-hydrogen) atoms. The molecule has 0 bridgehead atoms. The zero-order chi connectivity index (χ0) is 17.3. The van der Waals surface area contributed by atoms with Gasteiger partial charge < -0.3 is 20.3 Å². The molecule has 0 aliphatic heterocycles. The largest absolute Gasteiger partial charge is 0.444 e. The molecule has 0 aromatic heterocycles. The monoisotopic (exact) mass is 341 g/mol. The minimum absolute atomic E-state index is 0.428. The lowest BCUT2D eigenvalue weighted by molar-refractivity contribution is -0.0743. The minimum atomic E-state index is -1.17. The van der Waals surface area contributed by atoms with E-state index in [1.807, 2.05) is 0 Å². The van der Waals surface area contributed by atoms with Crippen LogP contribution in [0.5, 0.6) is 0 Å². The van der Waals surface area contributed by atoms with Gasteiger partial charge in [-0.1, -0.05) is 29.8 Å². The summed E-state index contributed by atoms with van der Waals surface area (Å²) < 4.78 is 5.32. The van der Waals surface area contributed by atoms with E-state index in [4.69, 9.17) is 16.3 Å². The summed E-state index contributed by atoms with van der Waals surface area (Å²) in [6.07, 6.45) is -1.15. The summed E-state index contributed by atoms with van der Waals surface area (Å²) >= 11 is 6.29. The highest BCUT2D eigenvalue weighted by Gasteiger charge is 2.48. The Bertz CT molecular complexity index is 572. The number of aliphatic hydroxyl groups is 2. The molecule has 0 saturated heterocycles. The molecule has 1 saturated carbocycles. The fraction of sp³-hybridized carbons (Fsp3) is 0.588. The first-order chi connectivity index (χ1) is 10.7. The number of halogens is 1. The van der Waals surface area contributed by atoms with Crippen molar-refractivity contribution in [3.63, 3.8) is 0 Å². The Morgan fingerprint density at radius 1 is 1.35 bits per heavy atom. The Morgan fingerprint density at radius 3 is 2.61 bits per heavy atom. The lowest BCUT2D eigenvalue weighted by Crippen LogP contribution is -2.60. The molecular weight excluding hydrogens is 318 g/mol. The van der Waals surface area contributed by atoms with Gasteiger partial charge in [-0.05, 0) is 51.7 Å². The van der Waals surface area contributed by atoms with Gasteiger partial charge >= 0.3 is 6.09 Å². The standard InChI is InChI=1S/C17H24ClNO4/c1-16(2,3)23-15(22)19-17(10-6-9-13(20)14(17)21)11-7-4-5-8-12(11)18/h4-5,7-8,13-14,20-21H,6,9-10H2,1-3H3,(H,19,22)/t13?,14?,17-/m1/s1. The van der Waals surface area contributed by atoms with E-state index < -0.39 is 29.4 Å². The third kappa shape index (κ3) is 3.97. The zero-order valence-electron chi connectivity index (χ0n) is 13.7. The summed E-state index contributed by atoms with van der Waals surface area (Å²) in [7, 11) is 0. The van der Waals surface area contributed by atoms with Gasteiger partial charge in [0.15, 0.2) is 0 Å². The van der Waals surface area contributed by atoms with E-state index in [2.05, 4.69) is 5.32 Å². The number of benzene rings is 1. The summed E-state index contributed by atoms with van der Waals surface area (Å²) in [6, 6.07) is 7.01. The maximum Gasteiger partial charge on any atom is 0.408 e. The molecule has 3 atom stereocenters. The number of ether oxygens (including phenoxy) is 1. The third-order valence-electron chi connectivity index (χ3n) is 4.02. The smallest absolute Gasteiger partial charge is 0.408 e. The number of rotatable bonds is 2. The van der Waals surface area contributed by atoms with Crippen LogP contribution in [0.4, 0.5) is 4.79 Å². The van der Waals surface area contributed by atoms with Crippen molar-refractivity contribution >= 4 is 17.7 Å². The van der Waals surface area contributed by atoms with Crippen LogP contribution in [0.1, 0.15) is 45.6 Å². The number of nitrogens with one attached hydrogen (secondary N) is 1. The molecule has 1 aliphatic rings. The average molecular weight is 342 g/mol. The number of amides is 1. The summed E-state index contributed by atoms with van der Waals surface area (Å²) in [5, 5.41) is 24.0. The van der Waals surface area contributed by atoms with Gasteiger partial charge in [0, 0.05) is 5.02 Å². The maximum absolute atomic E-state index is 12.3. The number of hydrogen-bond donors (Lipinski definition) is 3. The van der Waals surface area contributed by atoms with Crippen LogP contribution in [-0.4, -0.2) is 34.1 Å². The van der Waals surface area contributed by atoms with Crippen molar-refractivity contribution < 1.29 is 19.7 Å². The second kappa shape index (κ2) is 6.67. The summed E-state index contributed by atoms with van der Waals surface area (Å²) in [5.74, 6) is 0. The van der Waals surface area contributed by atoms with Gasteiger partial charge in [-0.2, -0.15) is 0 Å². The Hall–Kier alpha value is -1.30. The number of hydrogen-bond acceptors (Lipinski definition) is 4. The molecule has 1 aromatic rings. The van der Waals surface area contributed by atoms with Crippen molar-refractivity contribution in [3.8, 4) is 0 Å². The van der Waals surface area contributed by atoms with Crippen molar-refractivity contribution in [3.05, 3.63) is 34.9 Å². The van der Waals surface area contributed by atoms with Crippen LogP contribution in [0.15, 0.2) is 24.3 Å². The van der Waals surface area contributed by atoms with Gasteiger partial charge in [0.2, 0.25) is 0 Å². The van der Waals surface area contributed by atoms with E-state index in [1.165, 1.54) is 0 Å². The van der Waals surface area contributed by atoms with Crippen LogP contribution < -0.4 is 5.32 Å². The summed E-state index contributed by atoms with van der Waals surface area (Å²) in [5.41, 5.74) is -1.25. The molecule has 2 unspecified atom stereocenters. The average Bonchev–Trinajstić information content (AvgIpc) is 2.42. The topological polar surface area (TPSA) is 78.8 Å². The maximum atomic E-state index is 12.3. The van der Waals surface area contributed by atoms with Crippen molar-refractivity contribution in [1.82, 2.24) is 5.32 Å². The molecule has 0 heterocycles. The van der Waals surface area contributed by atoms with E-state index in [0.717, 1.165) is 0 Å². The van der Waals surface area contributed by atoms with E-state index in [-0.39, 0.29) is 0 Å². The van der Waals surface area contributed by atoms with Crippen LogP contribution in [0.3, 0.4) is 0 Å². The Kier molecular flexibility index (Phi) is 5.23. The lowest BCUT2D eigenvalue weighted by atomic mass is 9.73. The highest BCUT2D eigenvalue weighted by molar-refractivity contribution is 6.31. The molecule has 1 amide bonds. The van der Waals surface area contributed by atoms with E-state index >= 15 is 0 Å². The van der Waals surface area contributed by atoms with Gasteiger partial charge in [-0.15, -0.1) is 0 Å². The molecule has 0 radical (unpaired) electrons. The van der Waals surface area contributed by atoms with Gasteiger partial charge in [-0.25, -0.2) is 4.79 Å². The molecule has 128 valence electrons. The fourth-order valence-corrected chi connectivity index (χ4v) is 3.34. The third-order valence-corrected chi connectivity index (χ3v) is 4.35. The number of carbonyl (C=O) groups excluding carboxylic acids is 1. The predicted octanol–water partition coefficient (Wildman–Crippen LogP) is 2.97. The van der Waals surface area contributed by atoms with Crippen molar-refractivity contribution in [1.29, 1.82) is 0 Å².